The maximum Gasteiger partial charge on any atom is 0.324 e. The minimum Gasteiger partial charge on any atom is -0.480 e. The van der Waals surface area contributed by atoms with Gasteiger partial charge in [-0.2, -0.15) is 0 Å². The summed E-state index contributed by atoms with van der Waals surface area (Å²) in [5.74, 6) is -1.13. The lowest BCUT2D eigenvalue weighted by atomic mass is 10.2. The number of nitrogens with zero attached hydrogens (tertiary/aromatic N) is 3. The molecule has 0 spiro atoms. The van der Waals surface area contributed by atoms with E-state index in [-0.39, 0.29) is 10.9 Å². The van der Waals surface area contributed by atoms with Crippen LogP contribution in [0.3, 0.4) is 0 Å². The van der Waals surface area contributed by atoms with Gasteiger partial charge in [0.15, 0.2) is 0 Å². The van der Waals surface area contributed by atoms with Crippen LogP contribution in [0.1, 0.15) is 17.3 Å². The Hall–Kier alpha value is -2.00. The third-order valence-corrected chi connectivity index (χ3v) is 4.40. The van der Waals surface area contributed by atoms with Gasteiger partial charge in [0.25, 0.3) is 5.91 Å². The Balaban J connectivity index is 1.96. The molecule has 2 heterocycles. The minimum atomic E-state index is -0.886. The minimum absolute atomic E-state index is 0.0588. The van der Waals surface area contributed by atoms with Gasteiger partial charge >= 0.3 is 11.0 Å². The smallest absolute Gasteiger partial charge is 0.324 e. The lowest BCUT2D eigenvalue weighted by molar-refractivity contribution is -0.380. The molecule has 0 saturated carbocycles. The first-order chi connectivity index (χ1) is 9.90. The molecular weight excluding hydrogens is 298 g/mol. The number of thiophene rings is 1. The van der Waals surface area contributed by atoms with Crippen molar-refractivity contribution in [3.8, 4) is 0 Å². The van der Waals surface area contributed by atoms with Crippen LogP contribution in [-0.2, 0) is 4.79 Å². The highest BCUT2D eigenvalue weighted by Crippen LogP contribution is 2.24. The van der Waals surface area contributed by atoms with E-state index in [0.29, 0.717) is 31.7 Å². The second-order valence-corrected chi connectivity index (χ2v) is 5.66. The number of nitro groups is 1. The Bertz CT molecular complexity index is 565. The van der Waals surface area contributed by atoms with Crippen LogP contribution in [0.4, 0.5) is 5.00 Å². The monoisotopic (exact) mass is 313 g/mol. The van der Waals surface area contributed by atoms with Crippen molar-refractivity contribution in [3.63, 3.8) is 0 Å². The molecule has 2 rings (SSSR count). The number of carbonyl (C=O) groups excluding carboxylic acids is 1. The summed E-state index contributed by atoms with van der Waals surface area (Å²) in [7, 11) is 0. The van der Waals surface area contributed by atoms with Crippen molar-refractivity contribution in [1.29, 1.82) is 0 Å². The van der Waals surface area contributed by atoms with E-state index in [1.54, 1.807) is 16.7 Å². The average Bonchev–Trinajstić information content (AvgIpc) is 2.96. The fourth-order valence-corrected chi connectivity index (χ4v) is 2.88. The SMILES string of the molecule is CC(C(=O)O)N1CCN(C(=O)c2csc([N+](=O)[O-])c2)CC1. The first kappa shape index (κ1) is 15.4. The van der Waals surface area contributed by atoms with E-state index in [1.165, 1.54) is 11.4 Å². The molecule has 1 N–H and O–H groups in total. The standard InChI is InChI=1S/C12H15N3O5S/c1-8(12(17)18)13-2-4-14(5-3-13)11(16)9-6-10(15(19)20)21-7-9/h6-8H,2-5H2,1H3,(H,17,18). The number of carboxylic acid groups (broad SMARTS) is 1. The molecule has 0 radical (unpaired) electrons. The molecule has 1 aromatic heterocycles. The molecule has 1 atom stereocenters. The molecule has 0 aliphatic carbocycles. The van der Waals surface area contributed by atoms with Crippen molar-refractivity contribution < 1.29 is 19.6 Å². The van der Waals surface area contributed by atoms with Gasteiger partial charge in [-0.3, -0.25) is 24.6 Å². The predicted molar refractivity (Wildman–Crippen MR) is 75.5 cm³/mol. The summed E-state index contributed by atoms with van der Waals surface area (Å²) in [6.07, 6.45) is 0. The molecule has 114 valence electrons. The number of rotatable bonds is 4. The summed E-state index contributed by atoms with van der Waals surface area (Å²) in [6, 6.07) is 0.698. The van der Waals surface area contributed by atoms with E-state index < -0.39 is 16.9 Å². The summed E-state index contributed by atoms with van der Waals surface area (Å²) in [4.78, 5) is 36.6. The largest absolute Gasteiger partial charge is 0.480 e. The van der Waals surface area contributed by atoms with E-state index in [9.17, 15) is 19.7 Å². The number of carboxylic acids is 1. The van der Waals surface area contributed by atoms with Crippen LogP contribution >= 0.6 is 11.3 Å². The lowest BCUT2D eigenvalue weighted by Gasteiger charge is -2.36. The average molecular weight is 313 g/mol. The van der Waals surface area contributed by atoms with Crippen LogP contribution in [0, 0.1) is 10.1 Å². The Kier molecular flexibility index (Phi) is 4.53. The number of aliphatic carboxylic acids is 1. The molecule has 0 aromatic carbocycles. The second kappa shape index (κ2) is 6.19. The summed E-state index contributed by atoms with van der Waals surface area (Å²) < 4.78 is 0. The highest BCUT2D eigenvalue weighted by atomic mass is 32.1. The molecule has 1 saturated heterocycles. The summed E-state index contributed by atoms with van der Waals surface area (Å²) in [5.41, 5.74) is 0.312. The fraction of sp³-hybridized carbons (Fsp3) is 0.500. The molecule has 0 bridgehead atoms. The first-order valence-corrected chi connectivity index (χ1v) is 7.27. The summed E-state index contributed by atoms with van der Waals surface area (Å²) >= 11 is 0.925. The molecule has 1 amide bonds. The van der Waals surface area contributed by atoms with Gasteiger partial charge in [0, 0.05) is 37.6 Å². The highest BCUT2D eigenvalue weighted by Gasteiger charge is 2.28. The van der Waals surface area contributed by atoms with E-state index in [1.807, 2.05) is 0 Å². The molecule has 1 aliphatic rings. The van der Waals surface area contributed by atoms with Crippen molar-refractivity contribution in [3.05, 3.63) is 27.1 Å². The summed E-state index contributed by atoms with van der Waals surface area (Å²) in [6.45, 7) is 3.40. The summed E-state index contributed by atoms with van der Waals surface area (Å²) in [5, 5.41) is 21.0. The molecule has 1 aliphatic heterocycles. The highest BCUT2D eigenvalue weighted by molar-refractivity contribution is 7.13. The van der Waals surface area contributed by atoms with Crippen molar-refractivity contribution in [2.24, 2.45) is 0 Å². The van der Waals surface area contributed by atoms with Gasteiger partial charge in [-0.1, -0.05) is 11.3 Å². The Morgan fingerprint density at radius 1 is 1.38 bits per heavy atom. The third-order valence-electron chi connectivity index (χ3n) is 3.52. The zero-order valence-electron chi connectivity index (χ0n) is 11.4. The van der Waals surface area contributed by atoms with Crippen LogP contribution in [0.5, 0.6) is 0 Å². The van der Waals surface area contributed by atoms with Crippen LogP contribution in [0.15, 0.2) is 11.4 Å². The van der Waals surface area contributed by atoms with Crippen LogP contribution < -0.4 is 0 Å². The number of hydrogen-bond donors (Lipinski definition) is 1. The number of piperazine rings is 1. The quantitative estimate of drug-likeness (QED) is 0.654. The van der Waals surface area contributed by atoms with Crippen LogP contribution in [0.25, 0.3) is 0 Å². The van der Waals surface area contributed by atoms with E-state index >= 15 is 0 Å². The zero-order chi connectivity index (χ0) is 15.6. The van der Waals surface area contributed by atoms with E-state index in [4.69, 9.17) is 5.11 Å². The van der Waals surface area contributed by atoms with E-state index in [0.717, 1.165) is 11.3 Å². The van der Waals surface area contributed by atoms with Gasteiger partial charge in [-0.25, -0.2) is 0 Å². The maximum absolute atomic E-state index is 12.2. The molecule has 9 heteroatoms. The van der Waals surface area contributed by atoms with Gasteiger partial charge in [-0.15, -0.1) is 0 Å². The number of carbonyl (C=O) groups is 2. The van der Waals surface area contributed by atoms with Crippen LogP contribution in [0.2, 0.25) is 0 Å². The molecule has 1 fully saturated rings. The molecule has 1 aromatic rings. The maximum atomic E-state index is 12.2. The van der Waals surface area contributed by atoms with Gasteiger partial charge in [0.2, 0.25) is 0 Å². The van der Waals surface area contributed by atoms with Gasteiger partial charge < -0.3 is 10.0 Å². The normalized spacial score (nSPS) is 17.5. The van der Waals surface area contributed by atoms with Gasteiger partial charge in [0.05, 0.1) is 10.5 Å². The molecular formula is C12H15N3O5S. The first-order valence-electron chi connectivity index (χ1n) is 6.39. The van der Waals surface area contributed by atoms with Gasteiger partial charge in [0.1, 0.15) is 6.04 Å². The van der Waals surface area contributed by atoms with Crippen molar-refractivity contribution in [2.75, 3.05) is 26.2 Å². The zero-order valence-corrected chi connectivity index (χ0v) is 12.2. The van der Waals surface area contributed by atoms with Crippen molar-refractivity contribution >= 4 is 28.2 Å². The second-order valence-electron chi connectivity index (χ2n) is 4.77. The topological polar surface area (TPSA) is 104 Å². The molecule has 21 heavy (non-hydrogen) atoms. The van der Waals surface area contributed by atoms with Crippen molar-refractivity contribution in [1.82, 2.24) is 9.80 Å². The Morgan fingerprint density at radius 3 is 2.48 bits per heavy atom. The Morgan fingerprint density at radius 2 is 2.00 bits per heavy atom. The molecule has 1 unspecified atom stereocenters. The predicted octanol–water partition coefficient (Wildman–Crippen LogP) is 0.887. The Labute approximate surface area is 124 Å². The number of amides is 1. The molecule has 8 nitrogen and oxygen atoms in total. The number of hydrogen-bond acceptors (Lipinski definition) is 6. The third kappa shape index (κ3) is 3.37. The van der Waals surface area contributed by atoms with Gasteiger partial charge in [-0.05, 0) is 6.92 Å². The van der Waals surface area contributed by atoms with E-state index in [2.05, 4.69) is 0 Å². The van der Waals surface area contributed by atoms with Crippen LogP contribution in [-0.4, -0.2) is 63.9 Å². The fourth-order valence-electron chi connectivity index (χ4n) is 2.18. The lowest BCUT2D eigenvalue weighted by Crippen LogP contribution is -2.53. The van der Waals surface area contributed by atoms with Crippen molar-refractivity contribution in [2.45, 2.75) is 13.0 Å².